The van der Waals surface area contributed by atoms with Gasteiger partial charge < -0.3 is 18.4 Å². The molecule has 0 aromatic rings. The van der Waals surface area contributed by atoms with Crippen molar-refractivity contribution in [1.82, 2.24) is 0 Å². The first-order valence-electron chi connectivity index (χ1n) is 9.15. The zero-order valence-electron chi connectivity index (χ0n) is 15.9. The van der Waals surface area contributed by atoms with E-state index >= 15 is 0 Å². The fourth-order valence-electron chi connectivity index (χ4n) is 2.19. The van der Waals surface area contributed by atoms with Gasteiger partial charge in [0.25, 0.3) is 0 Å². The highest BCUT2D eigenvalue weighted by molar-refractivity contribution is 6.60. The summed E-state index contributed by atoms with van der Waals surface area (Å²) in [6.45, 7) is 12.2. The Kier molecular flexibility index (Phi) is 19.3. The van der Waals surface area contributed by atoms with Crippen LogP contribution in [-0.2, 0) is 18.1 Å². The van der Waals surface area contributed by atoms with Gasteiger partial charge in [0.15, 0.2) is 0 Å². The van der Waals surface area contributed by atoms with Crippen LogP contribution in [0.15, 0.2) is 0 Å². The van der Waals surface area contributed by atoms with Crippen molar-refractivity contribution in [2.45, 2.75) is 85.6 Å². The zero-order chi connectivity index (χ0) is 18.0. The second kappa shape index (κ2) is 17.9. The first-order valence-corrected chi connectivity index (χ1v) is 11.1. The molecule has 0 aliphatic rings. The molecule has 0 atom stereocenters. The number of carbonyl (C=O) groups is 1. The molecule has 1 N–H and O–H groups in total. The van der Waals surface area contributed by atoms with Crippen molar-refractivity contribution in [3.05, 3.63) is 0 Å². The van der Waals surface area contributed by atoms with E-state index in [1.807, 2.05) is 20.8 Å². The Labute approximate surface area is 144 Å². The maximum atomic E-state index is 10.0. The van der Waals surface area contributed by atoms with Gasteiger partial charge >= 0.3 is 14.8 Å². The number of carboxylic acids is 1. The average molecular weight is 351 g/mol. The molecule has 0 amide bonds. The lowest BCUT2D eigenvalue weighted by Gasteiger charge is -2.27. The van der Waals surface area contributed by atoms with E-state index in [-0.39, 0.29) is 0 Å². The molecular weight excluding hydrogens is 312 g/mol. The minimum Gasteiger partial charge on any atom is -0.481 e. The smallest absolute Gasteiger partial charge is 0.481 e. The molecule has 0 aliphatic carbocycles. The van der Waals surface area contributed by atoms with Gasteiger partial charge in [-0.1, -0.05) is 46.0 Å². The van der Waals surface area contributed by atoms with Gasteiger partial charge in [-0.3, -0.25) is 4.79 Å². The standard InChI is InChI=1S/C9H22O3Si.C8H16O2/c1-5-9-13(10-6-2,11-7-3)12-8-4;1-2-3-4-5-6-7-8(9)10/h5-9H2,1-4H3;2-7H2,1H3,(H,9,10). The maximum Gasteiger partial charge on any atom is 0.500 e. The molecule has 0 aliphatic heterocycles. The molecule has 0 saturated heterocycles. The SMILES string of the molecule is CCCCCCCC(=O)O.CCC[Si](OCC)(OCC)OCC. The molecule has 23 heavy (non-hydrogen) atoms. The average Bonchev–Trinajstić information content (AvgIpc) is 2.48. The first kappa shape index (κ1) is 24.8. The summed E-state index contributed by atoms with van der Waals surface area (Å²) in [7, 11) is -2.30. The Hall–Kier alpha value is -0.433. The normalized spacial score (nSPS) is 11.0. The number of hydrogen-bond donors (Lipinski definition) is 1. The molecule has 5 nitrogen and oxygen atoms in total. The van der Waals surface area contributed by atoms with Gasteiger partial charge in [-0.2, -0.15) is 0 Å². The summed E-state index contributed by atoms with van der Waals surface area (Å²) in [4.78, 5) is 10.0. The summed E-state index contributed by atoms with van der Waals surface area (Å²) in [6, 6.07) is 0.919. The molecule has 140 valence electrons. The molecule has 0 bridgehead atoms. The fourth-order valence-corrected chi connectivity index (χ4v) is 4.80. The first-order chi connectivity index (χ1) is 11.0. The molecule has 0 spiro atoms. The van der Waals surface area contributed by atoms with Crippen LogP contribution in [0.25, 0.3) is 0 Å². The van der Waals surface area contributed by atoms with Gasteiger partial charge in [-0.05, 0) is 27.2 Å². The largest absolute Gasteiger partial charge is 0.500 e. The molecule has 0 saturated carbocycles. The number of rotatable bonds is 14. The van der Waals surface area contributed by atoms with Crippen molar-refractivity contribution < 1.29 is 23.2 Å². The molecule has 0 rings (SSSR count). The maximum absolute atomic E-state index is 10.0. The molecule has 0 aromatic heterocycles. The number of aliphatic carboxylic acids is 1. The lowest BCUT2D eigenvalue weighted by molar-refractivity contribution is -0.137. The third-order valence-corrected chi connectivity index (χ3v) is 6.44. The lowest BCUT2D eigenvalue weighted by atomic mass is 10.1. The van der Waals surface area contributed by atoms with Crippen molar-refractivity contribution >= 4 is 14.8 Å². The van der Waals surface area contributed by atoms with Crippen LogP contribution in [-0.4, -0.2) is 39.7 Å². The molecule has 6 heteroatoms. The fraction of sp³-hybridized carbons (Fsp3) is 0.941. The van der Waals surface area contributed by atoms with Crippen LogP contribution >= 0.6 is 0 Å². The Morgan fingerprint density at radius 1 is 0.783 bits per heavy atom. The van der Waals surface area contributed by atoms with E-state index in [0.29, 0.717) is 26.2 Å². The van der Waals surface area contributed by atoms with Crippen molar-refractivity contribution in [2.24, 2.45) is 0 Å². The van der Waals surface area contributed by atoms with E-state index in [9.17, 15) is 4.79 Å². The molecule has 0 unspecified atom stereocenters. The van der Waals surface area contributed by atoms with Gasteiger partial charge in [0.1, 0.15) is 0 Å². The van der Waals surface area contributed by atoms with Crippen molar-refractivity contribution in [3.8, 4) is 0 Å². The summed E-state index contributed by atoms with van der Waals surface area (Å²) in [5.41, 5.74) is 0. The minimum absolute atomic E-state index is 0.337. The van der Waals surface area contributed by atoms with E-state index < -0.39 is 14.8 Å². The van der Waals surface area contributed by atoms with Gasteiger partial charge in [0.05, 0.1) is 0 Å². The molecule has 0 aromatic carbocycles. The minimum atomic E-state index is -2.30. The van der Waals surface area contributed by atoms with Crippen LogP contribution in [0.3, 0.4) is 0 Å². The number of unbranched alkanes of at least 4 members (excludes halogenated alkanes) is 4. The van der Waals surface area contributed by atoms with Crippen LogP contribution < -0.4 is 0 Å². The highest BCUT2D eigenvalue weighted by Gasteiger charge is 2.38. The van der Waals surface area contributed by atoms with Gasteiger partial charge in [0, 0.05) is 32.3 Å². The third-order valence-electron chi connectivity index (χ3n) is 3.14. The molecular formula is C17H38O5Si. The van der Waals surface area contributed by atoms with Gasteiger partial charge in [-0.25, -0.2) is 0 Å². The van der Waals surface area contributed by atoms with Crippen molar-refractivity contribution in [1.29, 1.82) is 0 Å². The third kappa shape index (κ3) is 16.2. The van der Waals surface area contributed by atoms with E-state index in [1.165, 1.54) is 19.3 Å². The monoisotopic (exact) mass is 350 g/mol. The van der Waals surface area contributed by atoms with Crippen molar-refractivity contribution in [3.63, 3.8) is 0 Å². The Balaban J connectivity index is 0. The van der Waals surface area contributed by atoms with E-state index in [0.717, 1.165) is 25.3 Å². The van der Waals surface area contributed by atoms with E-state index in [4.69, 9.17) is 18.4 Å². The molecule has 0 heterocycles. The predicted octanol–water partition coefficient (Wildman–Crippen LogP) is 4.88. The number of hydrogen-bond acceptors (Lipinski definition) is 4. The Bertz CT molecular complexity index is 232. The quantitative estimate of drug-likeness (QED) is 0.357. The van der Waals surface area contributed by atoms with E-state index in [1.54, 1.807) is 0 Å². The number of carboxylic acid groups (broad SMARTS) is 1. The zero-order valence-corrected chi connectivity index (χ0v) is 16.9. The second-order valence-corrected chi connectivity index (χ2v) is 8.02. The summed E-state index contributed by atoms with van der Waals surface area (Å²) >= 11 is 0. The molecule has 0 fully saturated rings. The predicted molar refractivity (Wildman–Crippen MR) is 96.7 cm³/mol. The second-order valence-electron chi connectivity index (χ2n) is 5.29. The van der Waals surface area contributed by atoms with Crippen LogP contribution in [0.4, 0.5) is 0 Å². The summed E-state index contributed by atoms with van der Waals surface area (Å²) in [5, 5.41) is 8.27. The van der Waals surface area contributed by atoms with Crippen LogP contribution in [0.5, 0.6) is 0 Å². The van der Waals surface area contributed by atoms with Crippen molar-refractivity contribution in [2.75, 3.05) is 19.8 Å². The van der Waals surface area contributed by atoms with Crippen LogP contribution in [0.2, 0.25) is 6.04 Å². The van der Waals surface area contributed by atoms with Gasteiger partial charge in [0.2, 0.25) is 0 Å². The van der Waals surface area contributed by atoms with Crippen LogP contribution in [0, 0.1) is 0 Å². The summed E-state index contributed by atoms with van der Waals surface area (Å²) < 4.78 is 16.9. The van der Waals surface area contributed by atoms with Crippen LogP contribution in [0.1, 0.15) is 79.6 Å². The van der Waals surface area contributed by atoms with Gasteiger partial charge in [-0.15, -0.1) is 0 Å². The Morgan fingerprint density at radius 3 is 1.61 bits per heavy atom. The topological polar surface area (TPSA) is 65.0 Å². The molecule has 0 radical (unpaired) electrons. The van der Waals surface area contributed by atoms with E-state index in [2.05, 4.69) is 13.8 Å². The summed E-state index contributed by atoms with van der Waals surface area (Å²) in [5.74, 6) is -0.670. The summed E-state index contributed by atoms with van der Waals surface area (Å²) in [6.07, 6.45) is 6.93. The highest BCUT2D eigenvalue weighted by Crippen LogP contribution is 2.17. The highest BCUT2D eigenvalue weighted by atomic mass is 28.4. The lowest BCUT2D eigenvalue weighted by Crippen LogP contribution is -2.45. The Morgan fingerprint density at radius 2 is 1.26 bits per heavy atom.